The first-order valence-corrected chi connectivity index (χ1v) is 6.25. The number of anilines is 1. The standard InChI is InChI=1S/C14H17N3O3/c1-10-4-3-5-11(8-10)20-7-6-15-13-12(19-2)14(18)17-9-16-13/h3-5,8-9H,6-7H2,1-2H3,(H2,15,16,17,18). The number of hydrogen-bond acceptors (Lipinski definition) is 5. The molecule has 0 atom stereocenters. The van der Waals surface area contributed by atoms with Gasteiger partial charge in [-0.3, -0.25) is 4.79 Å². The van der Waals surface area contributed by atoms with Crippen molar-refractivity contribution in [1.82, 2.24) is 9.97 Å². The summed E-state index contributed by atoms with van der Waals surface area (Å²) in [6, 6.07) is 7.82. The lowest BCUT2D eigenvalue weighted by Gasteiger charge is -2.10. The average Bonchev–Trinajstić information content (AvgIpc) is 2.44. The van der Waals surface area contributed by atoms with Gasteiger partial charge in [-0.2, -0.15) is 0 Å². The smallest absolute Gasteiger partial charge is 0.295 e. The average molecular weight is 275 g/mol. The van der Waals surface area contributed by atoms with Gasteiger partial charge in [0.05, 0.1) is 20.0 Å². The minimum absolute atomic E-state index is 0.169. The molecule has 0 saturated heterocycles. The summed E-state index contributed by atoms with van der Waals surface area (Å²) in [5.74, 6) is 1.39. The van der Waals surface area contributed by atoms with Gasteiger partial charge >= 0.3 is 0 Å². The predicted octanol–water partition coefficient (Wildman–Crippen LogP) is 1.58. The first-order valence-electron chi connectivity index (χ1n) is 6.25. The Balaban J connectivity index is 1.88. The van der Waals surface area contributed by atoms with Crippen molar-refractivity contribution in [3.05, 3.63) is 46.5 Å². The summed E-state index contributed by atoms with van der Waals surface area (Å²) >= 11 is 0. The van der Waals surface area contributed by atoms with Gasteiger partial charge < -0.3 is 19.8 Å². The predicted molar refractivity (Wildman–Crippen MR) is 76.6 cm³/mol. The molecule has 0 aliphatic rings. The second-order valence-electron chi connectivity index (χ2n) is 4.21. The van der Waals surface area contributed by atoms with E-state index in [1.54, 1.807) is 0 Å². The number of benzene rings is 1. The van der Waals surface area contributed by atoms with Crippen LogP contribution < -0.4 is 20.3 Å². The van der Waals surface area contributed by atoms with Crippen LogP contribution in [0.4, 0.5) is 5.82 Å². The first-order chi connectivity index (χ1) is 9.70. The molecule has 0 radical (unpaired) electrons. The lowest BCUT2D eigenvalue weighted by Crippen LogP contribution is -2.17. The fraction of sp³-hybridized carbons (Fsp3) is 0.286. The van der Waals surface area contributed by atoms with Gasteiger partial charge in [-0.15, -0.1) is 0 Å². The molecule has 1 heterocycles. The molecule has 1 aromatic carbocycles. The van der Waals surface area contributed by atoms with E-state index in [-0.39, 0.29) is 11.3 Å². The van der Waals surface area contributed by atoms with Crippen molar-refractivity contribution in [2.24, 2.45) is 0 Å². The lowest BCUT2D eigenvalue weighted by molar-refractivity contribution is 0.332. The van der Waals surface area contributed by atoms with Crippen molar-refractivity contribution in [2.45, 2.75) is 6.92 Å². The molecule has 6 nitrogen and oxygen atoms in total. The molecule has 2 N–H and O–H groups in total. The number of nitrogens with zero attached hydrogens (tertiary/aromatic N) is 1. The van der Waals surface area contributed by atoms with Crippen LogP contribution in [-0.4, -0.2) is 30.2 Å². The minimum Gasteiger partial charge on any atom is -0.492 e. The van der Waals surface area contributed by atoms with Crippen LogP contribution in [-0.2, 0) is 0 Å². The maximum absolute atomic E-state index is 11.5. The van der Waals surface area contributed by atoms with Crippen LogP contribution in [0.1, 0.15) is 5.56 Å². The van der Waals surface area contributed by atoms with Gasteiger partial charge in [0.15, 0.2) is 5.82 Å². The summed E-state index contributed by atoms with van der Waals surface area (Å²) in [5.41, 5.74) is 0.831. The molecule has 0 spiro atoms. The number of aromatic nitrogens is 2. The zero-order valence-corrected chi connectivity index (χ0v) is 11.5. The highest BCUT2D eigenvalue weighted by Crippen LogP contribution is 2.14. The molecule has 1 aromatic heterocycles. The van der Waals surface area contributed by atoms with E-state index in [2.05, 4.69) is 15.3 Å². The molecule has 20 heavy (non-hydrogen) atoms. The Morgan fingerprint density at radius 1 is 1.40 bits per heavy atom. The fourth-order valence-corrected chi connectivity index (χ4v) is 1.75. The maximum Gasteiger partial charge on any atom is 0.295 e. The highest BCUT2D eigenvalue weighted by atomic mass is 16.5. The van der Waals surface area contributed by atoms with Crippen LogP contribution in [0.3, 0.4) is 0 Å². The van der Waals surface area contributed by atoms with E-state index in [1.807, 2.05) is 31.2 Å². The third kappa shape index (κ3) is 3.50. The number of aromatic amines is 1. The van der Waals surface area contributed by atoms with Crippen molar-refractivity contribution >= 4 is 5.82 Å². The molecule has 0 unspecified atom stereocenters. The van der Waals surface area contributed by atoms with Gasteiger partial charge in [0, 0.05) is 0 Å². The van der Waals surface area contributed by atoms with Crippen molar-refractivity contribution in [2.75, 3.05) is 25.6 Å². The molecule has 2 aromatic rings. The third-order valence-electron chi connectivity index (χ3n) is 2.67. The number of ether oxygens (including phenoxy) is 2. The Morgan fingerprint density at radius 2 is 2.25 bits per heavy atom. The second-order valence-corrected chi connectivity index (χ2v) is 4.21. The summed E-state index contributed by atoms with van der Waals surface area (Å²) in [6.07, 6.45) is 1.33. The summed E-state index contributed by atoms with van der Waals surface area (Å²) in [5, 5.41) is 3.01. The van der Waals surface area contributed by atoms with Gasteiger partial charge in [-0.05, 0) is 24.6 Å². The summed E-state index contributed by atoms with van der Waals surface area (Å²) in [4.78, 5) is 17.9. The maximum atomic E-state index is 11.5. The third-order valence-corrected chi connectivity index (χ3v) is 2.67. The SMILES string of the molecule is COc1c(NCCOc2cccc(C)c2)nc[nH]c1=O. The monoisotopic (exact) mass is 275 g/mol. The Bertz CT molecular complexity index is 625. The summed E-state index contributed by atoms with van der Waals surface area (Å²) < 4.78 is 10.6. The fourth-order valence-electron chi connectivity index (χ4n) is 1.75. The van der Waals surface area contributed by atoms with E-state index in [9.17, 15) is 4.79 Å². The molecule has 0 saturated carbocycles. The number of H-pyrrole nitrogens is 1. The molecule has 0 amide bonds. The van der Waals surface area contributed by atoms with Gasteiger partial charge in [0.1, 0.15) is 12.4 Å². The molecule has 0 fully saturated rings. The number of rotatable bonds is 6. The van der Waals surface area contributed by atoms with Gasteiger partial charge in [0.2, 0.25) is 5.75 Å². The van der Waals surface area contributed by atoms with E-state index < -0.39 is 0 Å². The second kappa shape index (κ2) is 6.60. The van der Waals surface area contributed by atoms with E-state index >= 15 is 0 Å². The molecule has 2 rings (SSSR count). The summed E-state index contributed by atoms with van der Waals surface area (Å²) in [6.45, 7) is 2.98. The Labute approximate surface area is 116 Å². The largest absolute Gasteiger partial charge is 0.492 e. The Morgan fingerprint density at radius 3 is 3.00 bits per heavy atom. The van der Waals surface area contributed by atoms with E-state index in [0.717, 1.165) is 11.3 Å². The number of nitrogens with one attached hydrogen (secondary N) is 2. The number of hydrogen-bond donors (Lipinski definition) is 2. The van der Waals surface area contributed by atoms with Crippen molar-refractivity contribution in [3.8, 4) is 11.5 Å². The molecule has 0 aliphatic carbocycles. The first kappa shape index (κ1) is 13.9. The molecule has 106 valence electrons. The molecule has 0 bridgehead atoms. The van der Waals surface area contributed by atoms with Gasteiger partial charge in [-0.25, -0.2) is 4.98 Å². The molecule has 6 heteroatoms. The van der Waals surface area contributed by atoms with Crippen LogP contribution >= 0.6 is 0 Å². The van der Waals surface area contributed by atoms with Crippen LogP contribution in [0, 0.1) is 6.92 Å². The lowest BCUT2D eigenvalue weighted by atomic mass is 10.2. The quantitative estimate of drug-likeness (QED) is 0.783. The van der Waals surface area contributed by atoms with Crippen LogP contribution in [0.2, 0.25) is 0 Å². The Hall–Kier alpha value is -2.50. The van der Waals surface area contributed by atoms with Crippen molar-refractivity contribution in [1.29, 1.82) is 0 Å². The minimum atomic E-state index is -0.315. The van der Waals surface area contributed by atoms with Crippen LogP contribution in [0.25, 0.3) is 0 Å². The van der Waals surface area contributed by atoms with Gasteiger partial charge in [-0.1, -0.05) is 12.1 Å². The number of methoxy groups -OCH3 is 1. The Kier molecular flexibility index (Phi) is 4.60. The van der Waals surface area contributed by atoms with Crippen LogP contribution in [0.5, 0.6) is 11.5 Å². The number of aryl methyl sites for hydroxylation is 1. The molecule has 0 aliphatic heterocycles. The zero-order valence-electron chi connectivity index (χ0n) is 11.5. The molecular weight excluding hydrogens is 258 g/mol. The highest BCUT2D eigenvalue weighted by molar-refractivity contribution is 5.47. The van der Waals surface area contributed by atoms with Gasteiger partial charge in [0.25, 0.3) is 5.56 Å². The van der Waals surface area contributed by atoms with Crippen molar-refractivity contribution in [3.63, 3.8) is 0 Å². The molecular formula is C14H17N3O3. The van der Waals surface area contributed by atoms with Crippen LogP contribution in [0.15, 0.2) is 35.4 Å². The topological polar surface area (TPSA) is 76.2 Å². The summed E-state index contributed by atoms with van der Waals surface area (Å²) in [7, 11) is 1.43. The van der Waals surface area contributed by atoms with Crippen molar-refractivity contribution < 1.29 is 9.47 Å². The van der Waals surface area contributed by atoms with E-state index in [0.29, 0.717) is 19.0 Å². The normalized spacial score (nSPS) is 10.1. The highest BCUT2D eigenvalue weighted by Gasteiger charge is 2.07. The van der Waals surface area contributed by atoms with E-state index in [4.69, 9.17) is 9.47 Å². The zero-order chi connectivity index (χ0) is 14.4. The van der Waals surface area contributed by atoms with E-state index in [1.165, 1.54) is 13.4 Å².